The van der Waals surface area contributed by atoms with Gasteiger partial charge in [0.1, 0.15) is 11.6 Å². The number of aromatic nitrogens is 5. The third-order valence-electron chi connectivity index (χ3n) is 5.87. The molecule has 0 saturated carbocycles. The van der Waals surface area contributed by atoms with Crippen LogP contribution in [0.15, 0.2) is 49.1 Å². The Bertz CT molecular complexity index is 1320. The molecule has 0 radical (unpaired) electrons. The lowest BCUT2D eigenvalue weighted by atomic mass is 10.1. The van der Waals surface area contributed by atoms with Gasteiger partial charge in [0.25, 0.3) is 5.91 Å². The summed E-state index contributed by atoms with van der Waals surface area (Å²) in [5.74, 6) is 1.13. The highest BCUT2D eigenvalue weighted by Gasteiger charge is 2.18. The number of rotatable bonds is 4. The van der Waals surface area contributed by atoms with E-state index in [1.165, 1.54) is 0 Å². The van der Waals surface area contributed by atoms with E-state index >= 15 is 0 Å². The number of hydrogen-bond donors (Lipinski definition) is 1. The van der Waals surface area contributed by atoms with Crippen LogP contribution in [-0.4, -0.2) is 68.8 Å². The van der Waals surface area contributed by atoms with Crippen molar-refractivity contribution in [2.45, 2.75) is 6.92 Å². The van der Waals surface area contributed by atoms with E-state index < -0.39 is 0 Å². The molecule has 33 heavy (non-hydrogen) atoms. The second kappa shape index (κ2) is 8.59. The van der Waals surface area contributed by atoms with Crippen LogP contribution in [0.2, 0.25) is 0 Å². The Kier molecular flexibility index (Phi) is 5.47. The van der Waals surface area contributed by atoms with Crippen molar-refractivity contribution in [1.29, 1.82) is 0 Å². The summed E-state index contributed by atoms with van der Waals surface area (Å²) in [5.41, 5.74) is 3.14. The average molecular weight is 443 g/mol. The topological polar surface area (TPSA) is 92.1 Å². The maximum atomic E-state index is 13.1. The fourth-order valence-electron chi connectivity index (χ4n) is 3.99. The van der Waals surface area contributed by atoms with Crippen LogP contribution in [0.3, 0.4) is 0 Å². The third-order valence-corrected chi connectivity index (χ3v) is 5.87. The summed E-state index contributed by atoms with van der Waals surface area (Å²) in [7, 11) is 3.99. The number of fused-ring (bicyclic) bond motifs is 1. The SMILES string of the molecule is Cc1cc(C(=O)Nc2cc3cc(-c4cnn(C)c4)ncc3cn2)cc(N2CCN(C)CC2)n1. The molecule has 0 bridgehead atoms. The lowest BCUT2D eigenvalue weighted by Gasteiger charge is -2.33. The quantitative estimate of drug-likeness (QED) is 0.520. The number of anilines is 2. The van der Waals surface area contributed by atoms with Gasteiger partial charge in [0.15, 0.2) is 0 Å². The van der Waals surface area contributed by atoms with Crippen molar-refractivity contribution in [3.05, 3.63) is 60.3 Å². The highest BCUT2D eigenvalue weighted by molar-refractivity contribution is 6.05. The Balaban J connectivity index is 1.38. The standard InChI is InChI=1S/C24H26N8O/c1-16-8-18(11-23(28-16)32-6-4-30(2)5-7-32)24(33)29-22-10-17-9-21(20-14-27-31(3)15-20)25-12-19(17)13-26-22/h8-15H,4-7H2,1-3H3,(H,26,29,33). The summed E-state index contributed by atoms with van der Waals surface area (Å²) < 4.78 is 1.74. The van der Waals surface area contributed by atoms with Crippen LogP contribution in [0, 0.1) is 6.92 Å². The van der Waals surface area contributed by atoms with E-state index in [1.54, 1.807) is 29.3 Å². The molecule has 0 atom stereocenters. The molecule has 0 aromatic carbocycles. The van der Waals surface area contributed by atoms with Gasteiger partial charge in [0, 0.05) is 74.0 Å². The van der Waals surface area contributed by atoms with Crippen molar-refractivity contribution in [2.75, 3.05) is 43.4 Å². The van der Waals surface area contributed by atoms with Gasteiger partial charge >= 0.3 is 0 Å². The number of likely N-dealkylation sites (N-methyl/N-ethyl adjacent to an activating group) is 1. The van der Waals surface area contributed by atoms with Crippen LogP contribution in [0.5, 0.6) is 0 Å². The van der Waals surface area contributed by atoms with E-state index in [0.717, 1.165) is 59.7 Å². The largest absolute Gasteiger partial charge is 0.354 e. The number of pyridine rings is 3. The van der Waals surface area contributed by atoms with Gasteiger partial charge in [-0.2, -0.15) is 5.10 Å². The van der Waals surface area contributed by atoms with Gasteiger partial charge in [0.2, 0.25) is 0 Å². The highest BCUT2D eigenvalue weighted by atomic mass is 16.1. The number of hydrogen-bond acceptors (Lipinski definition) is 7. The lowest BCUT2D eigenvalue weighted by Crippen LogP contribution is -2.44. The minimum atomic E-state index is -0.204. The van der Waals surface area contributed by atoms with Crippen LogP contribution in [0.25, 0.3) is 22.0 Å². The van der Waals surface area contributed by atoms with Gasteiger partial charge in [-0.3, -0.25) is 14.5 Å². The van der Waals surface area contributed by atoms with Gasteiger partial charge in [-0.1, -0.05) is 0 Å². The molecule has 9 nitrogen and oxygen atoms in total. The van der Waals surface area contributed by atoms with E-state index in [0.29, 0.717) is 11.4 Å². The molecule has 168 valence electrons. The maximum Gasteiger partial charge on any atom is 0.257 e. The molecule has 1 amide bonds. The highest BCUT2D eigenvalue weighted by Crippen LogP contribution is 2.23. The second-order valence-corrected chi connectivity index (χ2v) is 8.49. The van der Waals surface area contributed by atoms with Crippen molar-refractivity contribution < 1.29 is 4.79 Å². The van der Waals surface area contributed by atoms with Gasteiger partial charge in [-0.15, -0.1) is 0 Å². The van der Waals surface area contributed by atoms with Gasteiger partial charge in [-0.25, -0.2) is 9.97 Å². The first-order valence-corrected chi connectivity index (χ1v) is 10.9. The summed E-state index contributed by atoms with van der Waals surface area (Å²) in [5, 5.41) is 8.99. The molecule has 5 heterocycles. The minimum Gasteiger partial charge on any atom is -0.354 e. The minimum absolute atomic E-state index is 0.204. The molecule has 1 saturated heterocycles. The van der Waals surface area contributed by atoms with Crippen molar-refractivity contribution in [3.63, 3.8) is 0 Å². The molecule has 0 unspecified atom stereocenters. The molecule has 1 aliphatic rings. The van der Waals surface area contributed by atoms with Crippen molar-refractivity contribution in [2.24, 2.45) is 7.05 Å². The van der Waals surface area contributed by atoms with E-state index in [1.807, 2.05) is 38.4 Å². The number of aryl methyl sites for hydroxylation is 2. The molecule has 1 fully saturated rings. The molecule has 9 heteroatoms. The lowest BCUT2D eigenvalue weighted by molar-refractivity contribution is 0.102. The summed E-state index contributed by atoms with van der Waals surface area (Å²) in [4.78, 5) is 31.1. The number of amides is 1. The van der Waals surface area contributed by atoms with Crippen molar-refractivity contribution >= 4 is 28.3 Å². The number of carbonyl (C=O) groups excluding carboxylic acids is 1. The predicted molar refractivity (Wildman–Crippen MR) is 128 cm³/mol. The Morgan fingerprint density at radius 1 is 0.939 bits per heavy atom. The predicted octanol–water partition coefficient (Wildman–Crippen LogP) is 2.74. The average Bonchev–Trinajstić information content (AvgIpc) is 3.25. The van der Waals surface area contributed by atoms with E-state index in [-0.39, 0.29) is 5.91 Å². The fraction of sp³-hybridized carbons (Fsp3) is 0.292. The first-order chi connectivity index (χ1) is 15.9. The molecule has 5 rings (SSSR count). The molecular weight excluding hydrogens is 416 g/mol. The van der Waals surface area contributed by atoms with Crippen LogP contribution < -0.4 is 10.2 Å². The summed E-state index contributed by atoms with van der Waals surface area (Å²) in [6.45, 7) is 5.67. The maximum absolute atomic E-state index is 13.1. The van der Waals surface area contributed by atoms with Crippen molar-refractivity contribution in [1.82, 2.24) is 29.6 Å². The molecule has 0 spiro atoms. The first-order valence-electron chi connectivity index (χ1n) is 10.9. The normalized spacial score (nSPS) is 14.6. The van der Waals surface area contributed by atoms with Crippen LogP contribution in [0.4, 0.5) is 11.6 Å². The Hall–Kier alpha value is -3.85. The molecular formula is C24H26N8O. The number of nitrogens with one attached hydrogen (secondary N) is 1. The first kappa shape index (κ1) is 21.0. The zero-order chi connectivity index (χ0) is 22.9. The molecule has 0 aliphatic carbocycles. The van der Waals surface area contributed by atoms with Crippen LogP contribution >= 0.6 is 0 Å². The van der Waals surface area contributed by atoms with E-state index in [4.69, 9.17) is 0 Å². The van der Waals surface area contributed by atoms with E-state index in [9.17, 15) is 4.79 Å². The molecule has 4 aromatic heterocycles. The Morgan fingerprint density at radius 2 is 1.73 bits per heavy atom. The molecule has 4 aromatic rings. The second-order valence-electron chi connectivity index (χ2n) is 8.49. The summed E-state index contributed by atoms with van der Waals surface area (Å²) in [6.07, 6.45) is 7.20. The summed E-state index contributed by atoms with van der Waals surface area (Å²) >= 11 is 0. The number of carbonyl (C=O) groups is 1. The zero-order valence-corrected chi connectivity index (χ0v) is 19.0. The molecule has 1 N–H and O–H groups in total. The van der Waals surface area contributed by atoms with Gasteiger partial charge < -0.3 is 15.1 Å². The summed E-state index contributed by atoms with van der Waals surface area (Å²) in [6, 6.07) is 7.51. The smallest absolute Gasteiger partial charge is 0.257 e. The molecule has 1 aliphatic heterocycles. The van der Waals surface area contributed by atoms with Crippen LogP contribution in [-0.2, 0) is 7.05 Å². The third kappa shape index (κ3) is 4.54. The Labute approximate surface area is 192 Å². The van der Waals surface area contributed by atoms with E-state index in [2.05, 4.69) is 42.2 Å². The Morgan fingerprint density at radius 3 is 2.48 bits per heavy atom. The number of piperazine rings is 1. The monoisotopic (exact) mass is 442 g/mol. The van der Waals surface area contributed by atoms with Gasteiger partial charge in [0.05, 0.1) is 11.9 Å². The zero-order valence-electron chi connectivity index (χ0n) is 19.0. The van der Waals surface area contributed by atoms with Crippen molar-refractivity contribution in [3.8, 4) is 11.3 Å². The van der Waals surface area contributed by atoms with Crippen LogP contribution in [0.1, 0.15) is 16.1 Å². The fourth-order valence-corrected chi connectivity index (χ4v) is 3.99. The van der Waals surface area contributed by atoms with Gasteiger partial charge in [-0.05, 0) is 43.6 Å². The number of nitrogens with zero attached hydrogens (tertiary/aromatic N) is 7.